The van der Waals surface area contributed by atoms with Crippen molar-refractivity contribution in [2.45, 2.75) is 18.9 Å². The number of ether oxygens (including phenoxy) is 1. The molecule has 2 nitrogen and oxygen atoms in total. The lowest BCUT2D eigenvalue weighted by atomic mass is 10.1. The third-order valence-electron chi connectivity index (χ3n) is 1.76. The van der Waals surface area contributed by atoms with Crippen LogP contribution in [0.5, 0.6) is 0 Å². The van der Waals surface area contributed by atoms with Crippen molar-refractivity contribution in [2.24, 2.45) is 0 Å². The van der Waals surface area contributed by atoms with Gasteiger partial charge in [-0.3, -0.25) is 4.74 Å². The van der Waals surface area contributed by atoms with Gasteiger partial charge in [0.25, 0.3) is 0 Å². The summed E-state index contributed by atoms with van der Waals surface area (Å²) in [6.07, 6.45) is -3.31. The molecule has 0 N–H and O–H groups in total. The maximum atomic E-state index is 11.7. The number of rotatable bonds is 1. The molecule has 0 bridgehead atoms. The van der Waals surface area contributed by atoms with Gasteiger partial charge < -0.3 is 4.90 Å². The lowest BCUT2D eigenvalue weighted by Gasteiger charge is -2.28. The van der Waals surface area contributed by atoms with Crippen molar-refractivity contribution in [1.82, 2.24) is 4.90 Å². The van der Waals surface area contributed by atoms with Crippen molar-refractivity contribution in [2.75, 3.05) is 20.1 Å². The van der Waals surface area contributed by atoms with Crippen LogP contribution in [0.2, 0.25) is 0 Å². The smallest absolute Gasteiger partial charge is 0.306 e. The number of nitrogens with zero attached hydrogens (tertiary/aromatic N) is 1. The lowest BCUT2D eigenvalue weighted by Crippen LogP contribution is -2.37. The first-order valence-electron chi connectivity index (χ1n) is 3.74. The summed E-state index contributed by atoms with van der Waals surface area (Å²) < 4.78 is 38.9. The van der Waals surface area contributed by atoms with Gasteiger partial charge in [0.05, 0.1) is 6.10 Å². The second-order valence-electron chi connectivity index (χ2n) is 2.89. The van der Waals surface area contributed by atoms with E-state index in [1.165, 1.54) is 6.42 Å². The molecule has 0 saturated carbocycles. The molecule has 12 heavy (non-hydrogen) atoms. The zero-order chi connectivity index (χ0) is 9.19. The van der Waals surface area contributed by atoms with E-state index >= 15 is 0 Å². The molecule has 0 aliphatic carbocycles. The Hall–Kier alpha value is -0.290. The average Bonchev–Trinajstić information content (AvgIpc) is 1.91. The van der Waals surface area contributed by atoms with Crippen molar-refractivity contribution in [1.29, 1.82) is 0 Å². The number of hydrogen-bond donors (Lipinski definition) is 0. The van der Waals surface area contributed by atoms with Gasteiger partial charge in [0.1, 0.15) is 0 Å². The van der Waals surface area contributed by atoms with E-state index in [0.717, 1.165) is 0 Å². The fraction of sp³-hybridized carbons (Fsp3) is 0.857. The average molecular weight is 182 g/mol. The molecule has 0 spiro atoms. The van der Waals surface area contributed by atoms with Crippen LogP contribution in [0.25, 0.3) is 0 Å². The molecule has 1 fully saturated rings. The molecule has 0 aromatic heterocycles. The highest BCUT2D eigenvalue weighted by Crippen LogP contribution is 2.23. The maximum Gasteiger partial charge on any atom is 0.522 e. The number of piperidine rings is 1. The zero-order valence-corrected chi connectivity index (χ0v) is 6.77. The number of likely N-dealkylation sites (tertiary alicyclic amines) is 1. The molecular formula is C7H11F3NO. The molecule has 0 aromatic carbocycles. The molecule has 0 amide bonds. The summed E-state index contributed by atoms with van der Waals surface area (Å²) >= 11 is 0. The second-order valence-corrected chi connectivity index (χ2v) is 2.89. The van der Waals surface area contributed by atoms with Gasteiger partial charge >= 0.3 is 6.36 Å². The highest BCUT2D eigenvalue weighted by Gasteiger charge is 2.34. The topological polar surface area (TPSA) is 12.5 Å². The third kappa shape index (κ3) is 3.40. The van der Waals surface area contributed by atoms with E-state index in [1.54, 1.807) is 0 Å². The van der Waals surface area contributed by atoms with Gasteiger partial charge in [0, 0.05) is 19.5 Å². The molecule has 1 unspecified atom stereocenters. The SMILES string of the molecule is CN1C[CH]C(OC(F)(F)F)CC1. The Labute approximate surface area is 69.3 Å². The van der Waals surface area contributed by atoms with Gasteiger partial charge in [-0.2, -0.15) is 0 Å². The van der Waals surface area contributed by atoms with Crippen molar-refractivity contribution in [3.63, 3.8) is 0 Å². The molecule has 0 aromatic rings. The molecule has 1 rings (SSSR count). The molecule has 5 heteroatoms. The van der Waals surface area contributed by atoms with Crippen LogP contribution in [0.4, 0.5) is 13.2 Å². The van der Waals surface area contributed by atoms with Crippen LogP contribution < -0.4 is 0 Å². The van der Waals surface area contributed by atoms with E-state index < -0.39 is 12.5 Å². The molecule has 1 heterocycles. The lowest BCUT2D eigenvalue weighted by molar-refractivity contribution is -0.340. The number of alkyl halides is 3. The van der Waals surface area contributed by atoms with Gasteiger partial charge in [0.2, 0.25) is 0 Å². The van der Waals surface area contributed by atoms with Crippen LogP contribution >= 0.6 is 0 Å². The second kappa shape index (κ2) is 3.62. The van der Waals surface area contributed by atoms with Crippen LogP contribution in [-0.2, 0) is 4.74 Å². The van der Waals surface area contributed by atoms with E-state index in [4.69, 9.17) is 0 Å². The molecule has 1 saturated heterocycles. The van der Waals surface area contributed by atoms with Crippen LogP contribution in [0.1, 0.15) is 6.42 Å². The Morgan fingerprint density at radius 2 is 2.17 bits per heavy atom. The third-order valence-corrected chi connectivity index (χ3v) is 1.76. The summed E-state index contributed by atoms with van der Waals surface area (Å²) in [6, 6.07) is 0. The Balaban J connectivity index is 2.26. The van der Waals surface area contributed by atoms with Crippen LogP contribution in [0.15, 0.2) is 0 Å². The van der Waals surface area contributed by atoms with E-state index in [1.807, 2.05) is 11.9 Å². The Morgan fingerprint density at radius 1 is 1.50 bits per heavy atom. The number of hydrogen-bond acceptors (Lipinski definition) is 2. The van der Waals surface area contributed by atoms with Crippen molar-refractivity contribution in [3.05, 3.63) is 6.42 Å². The van der Waals surface area contributed by atoms with E-state index in [9.17, 15) is 13.2 Å². The van der Waals surface area contributed by atoms with Crippen LogP contribution in [0.3, 0.4) is 0 Å². The predicted octanol–water partition coefficient (Wildman–Crippen LogP) is 1.43. The summed E-state index contributed by atoms with van der Waals surface area (Å²) in [5.74, 6) is 0. The van der Waals surface area contributed by atoms with Gasteiger partial charge in [0.15, 0.2) is 0 Å². The van der Waals surface area contributed by atoms with E-state index in [-0.39, 0.29) is 0 Å². The molecule has 1 aliphatic heterocycles. The summed E-state index contributed by atoms with van der Waals surface area (Å²) in [6.45, 7) is 1.21. The van der Waals surface area contributed by atoms with Gasteiger partial charge in [-0.25, -0.2) is 0 Å². The fourth-order valence-electron chi connectivity index (χ4n) is 1.13. The quantitative estimate of drug-likeness (QED) is 0.608. The van der Waals surface area contributed by atoms with Crippen molar-refractivity contribution in [3.8, 4) is 0 Å². The molecular weight excluding hydrogens is 171 g/mol. The van der Waals surface area contributed by atoms with Crippen molar-refractivity contribution >= 4 is 0 Å². The molecule has 1 aliphatic rings. The van der Waals surface area contributed by atoms with E-state index in [0.29, 0.717) is 19.5 Å². The summed E-state index contributed by atoms with van der Waals surface area (Å²) in [5.41, 5.74) is 0. The van der Waals surface area contributed by atoms with Crippen molar-refractivity contribution < 1.29 is 17.9 Å². The van der Waals surface area contributed by atoms with E-state index in [2.05, 4.69) is 4.74 Å². The minimum absolute atomic E-state index is 0.413. The first kappa shape index (κ1) is 9.80. The largest absolute Gasteiger partial charge is 0.522 e. The Morgan fingerprint density at radius 3 is 2.58 bits per heavy atom. The van der Waals surface area contributed by atoms with Gasteiger partial charge in [-0.15, -0.1) is 13.2 Å². The summed E-state index contributed by atoms with van der Waals surface area (Å²) in [5, 5.41) is 0. The maximum absolute atomic E-state index is 11.7. The summed E-state index contributed by atoms with van der Waals surface area (Å²) in [7, 11) is 1.86. The minimum Gasteiger partial charge on any atom is -0.306 e. The zero-order valence-electron chi connectivity index (χ0n) is 6.77. The fourth-order valence-corrected chi connectivity index (χ4v) is 1.13. The Bertz CT molecular complexity index is 140. The normalized spacial score (nSPS) is 23.0. The van der Waals surface area contributed by atoms with Gasteiger partial charge in [-0.05, 0) is 13.5 Å². The first-order chi connectivity index (χ1) is 5.47. The number of halogens is 3. The predicted molar refractivity (Wildman–Crippen MR) is 37.3 cm³/mol. The summed E-state index contributed by atoms with van der Waals surface area (Å²) in [4.78, 5) is 1.94. The highest BCUT2D eigenvalue weighted by molar-refractivity contribution is 4.85. The Kier molecular flexibility index (Phi) is 2.95. The monoisotopic (exact) mass is 182 g/mol. The minimum atomic E-state index is -4.50. The van der Waals surface area contributed by atoms with Gasteiger partial charge in [-0.1, -0.05) is 0 Å². The first-order valence-corrected chi connectivity index (χ1v) is 3.74. The highest BCUT2D eigenvalue weighted by atomic mass is 19.4. The molecule has 1 radical (unpaired) electrons. The molecule has 71 valence electrons. The molecule has 1 atom stereocenters. The standard InChI is InChI=1S/C7H11F3NO/c1-11-4-2-6(3-5-11)12-7(8,9)10/h2,6H,3-5H2,1H3. The van der Waals surface area contributed by atoms with Crippen LogP contribution in [0, 0.1) is 6.42 Å². The van der Waals surface area contributed by atoms with Crippen LogP contribution in [-0.4, -0.2) is 37.5 Å².